The number of hydrogen-bond acceptors (Lipinski definition) is 9. The van der Waals surface area contributed by atoms with E-state index in [-0.39, 0.29) is 44.2 Å². The average molecular weight is 349 g/mol. The van der Waals surface area contributed by atoms with Crippen LogP contribution in [0.3, 0.4) is 0 Å². The monoisotopic (exact) mass is 349 g/mol. The third-order valence-electron chi connectivity index (χ3n) is 1.94. The molecule has 0 fully saturated rings. The van der Waals surface area contributed by atoms with Gasteiger partial charge in [-0.25, -0.2) is 0 Å². The van der Waals surface area contributed by atoms with Gasteiger partial charge in [-0.3, -0.25) is 0 Å². The van der Waals surface area contributed by atoms with Crippen molar-refractivity contribution in [1.82, 2.24) is 0 Å². The summed E-state index contributed by atoms with van der Waals surface area (Å²) in [7, 11) is 5.66. The predicted octanol–water partition coefficient (Wildman–Crippen LogP) is -6.98. The molecule has 0 aromatic heterocycles. The topological polar surface area (TPSA) is 181 Å². The molecule has 3 unspecified atom stereocenters. The zero-order valence-electron chi connectivity index (χ0n) is 12.6. The molecule has 0 bridgehead atoms. The van der Waals surface area contributed by atoms with Gasteiger partial charge in [-0.15, -0.1) is 0 Å². The third-order valence-corrected chi connectivity index (χ3v) is 1.94. The van der Waals surface area contributed by atoms with Crippen LogP contribution in [0, 0.1) is 0 Å². The summed E-state index contributed by atoms with van der Waals surface area (Å²) >= 11 is 0. The van der Waals surface area contributed by atoms with E-state index in [0.29, 0.717) is 11.0 Å². The molecule has 0 saturated heterocycles. The van der Waals surface area contributed by atoms with Crippen molar-refractivity contribution in [1.29, 1.82) is 0 Å². The molecule has 10 nitrogen and oxygen atoms in total. The van der Waals surface area contributed by atoms with E-state index in [0.717, 1.165) is 0 Å². The van der Waals surface area contributed by atoms with Gasteiger partial charge in [0.15, 0.2) is 0 Å². The van der Waals surface area contributed by atoms with Crippen molar-refractivity contribution in [2.24, 2.45) is 0 Å². The van der Waals surface area contributed by atoms with E-state index < -0.39 is 36.2 Å². The Morgan fingerprint density at radius 3 is 1.41 bits per heavy atom. The van der Waals surface area contributed by atoms with E-state index in [9.17, 15) is 29.7 Å². The summed E-state index contributed by atoms with van der Waals surface area (Å²) < 4.78 is 0.550. The molecule has 0 aliphatic carbocycles. The van der Waals surface area contributed by atoms with Crippen molar-refractivity contribution in [3.05, 3.63) is 0 Å². The van der Waals surface area contributed by atoms with E-state index in [1.165, 1.54) is 0 Å². The number of hydrogen-bond donors (Lipinski definition) is 3. The molecule has 0 aliphatic heterocycles. The smallest absolute Gasteiger partial charge is 0.550 e. The summed E-state index contributed by atoms with van der Waals surface area (Å²) in [5.41, 5.74) is 0. The summed E-state index contributed by atoms with van der Waals surface area (Å²) in [5, 5.41) is 54.9. The zero-order valence-corrected chi connectivity index (χ0v) is 14.8. The summed E-state index contributed by atoms with van der Waals surface area (Å²) in [4.78, 5) is 29.3. The minimum Gasteiger partial charge on any atom is -0.550 e. The van der Waals surface area contributed by atoms with Gasteiger partial charge in [-0.1, -0.05) is 0 Å². The second-order valence-corrected chi connectivity index (χ2v) is 5.23. The van der Waals surface area contributed by atoms with Crippen LogP contribution in [0.5, 0.6) is 0 Å². The molecule has 11 heteroatoms. The Kier molecular flexibility index (Phi) is 14.4. The summed E-state index contributed by atoms with van der Waals surface area (Å²) in [6.45, 7) is 0.425. The average Bonchev–Trinajstić information content (AvgIpc) is 2.23. The summed E-state index contributed by atoms with van der Waals surface area (Å²) in [6.07, 6.45) is -5.97. The van der Waals surface area contributed by atoms with Crippen LogP contribution in [-0.4, -0.2) is 121 Å². The molecule has 0 radical (unpaired) electrons. The maximum absolute atomic E-state index is 10.0. The quantitative estimate of drug-likeness (QED) is 0.297. The molecule has 0 amide bonds. The predicted molar refractivity (Wildman–Crippen MR) is 66.3 cm³/mol. The normalized spacial score (nSPS) is 14.5. The number of nitrogens with zero attached hydrogens (tertiary/aromatic N) is 1. The van der Waals surface area contributed by atoms with Crippen LogP contribution in [0.4, 0.5) is 0 Å². The Morgan fingerprint density at radius 2 is 1.23 bits per heavy atom. The van der Waals surface area contributed by atoms with E-state index in [2.05, 4.69) is 0 Å². The summed E-state index contributed by atoms with van der Waals surface area (Å²) in [6, 6.07) is 0. The Labute approximate surface area is 157 Å². The van der Waals surface area contributed by atoms with Crippen molar-refractivity contribution >= 4 is 55.6 Å². The molecule has 0 aromatic rings. The first-order chi connectivity index (χ1) is 9.27. The van der Waals surface area contributed by atoms with Crippen LogP contribution in [0.25, 0.3) is 0 Å². The summed E-state index contributed by atoms with van der Waals surface area (Å²) in [5.74, 6) is -5.32. The van der Waals surface area contributed by atoms with Crippen LogP contribution in [-0.2, 0) is 14.4 Å². The number of quaternary nitrogens is 1. The van der Waals surface area contributed by atoms with Gasteiger partial charge in [0.2, 0.25) is 0 Å². The van der Waals surface area contributed by atoms with Crippen molar-refractivity contribution in [2.45, 2.75) is 24.7 Å². The van der Waals surface area contributed by atoms with Crippen LogP contribution in [0.15, 0.2) is 0 Å². The third kappa shape index (κ3) is 15.9. The van der Waals surface area contributed by atoms with Gasteiger partial charge in [0.1, 0.15) is 24.9 Å². The number of aliphatic hydroxyl groups excluding tert-OH is 3. The molecule has 22 heavy (non-hydrogen) atoms. The first kappa shape index (κ1) is 26.4. The second kappa shape index (κ2) is 12.0. The SMILES string of the molecule is C[N+](C)(C)CC(O)CC(=O)[O-].O=C([O-])C(O)C(O)C(=O)[O-].[Ca+2]. The molecule has 0 aliphatic rings. The van der Waals surface area contributed by atoms with Crippen LogP contribution >= 0.6 is 0 Å². The van der Waals surface area contributed by atoms with Crippen LogP contribution in [0.1, 0.15) is 6.42 Å². The minimum absolute atomic E-state index is 0. The number of carbonyl (C=O) groups is 3. The number of rotatable bonds is 7. The molecule has 124 valence electrons. The van der Waals surface area contributed by atoms with Gasteiger partial charge >= 0.3 is 37.7 Å². The van der Waals surface area contributed by atoms with Gasteiger partial charge in [0, 0.05) is 12.4 Å². The van der Waals surface area contributed by atoms with Crippen molar-refractivity contribution in [2.75, 3.05) is 27.7 Å². The number of carboxylic acids is 3. The van der Waals surface area contributed by atoms with E-state index in [4.69, 9.17) is 15.3 Å². The largest absolute Gasteiger partial charge is 2.00 e. The Bertz CT molecular complexity index is 351. The van der Waals surface area contributed by atoms with Gasteiger partial charge in [-0.2, -0.15) is 0 Å². The fourth-order valence-corrected chi connectivity index (χ4v) is 1.15. The second-order valence-electron chi connectivity index (χ2n) is 5.23. The molecule has 3 N–H and O–H groups in total. The van der Waals surface area contributed by atoms with Crippen LogP contribution in [0.2, 0.25) is 0 Å². The standard InChI is InChI=1S/C7H15NO3.C4H6O6.Ca/c1-8(2,3)5-6(9)4-7(10)11;5-1(3(7)8)2(6)4(9)10;/h6,9H,4-5H2,1-3H3;1-2,5-6H,(H,7,8)(H,9,10);/q;;+2/p-2. The van der Waals surface area contributed by atoms with Crippen molar-refractivity contribution in [3.8, 4) is 0 Å². The molecule has 0 rings (SSSR count). The maximum atomic E-state index is 10.0. The first-order valence-corrected chi connectivity index (χ1v) is 5.74. The van der Waals surface area contributed by atoms with E-state index in [1.54, 1.807) is 0 Å². The zero-order chi connectivity index (χ0) is 17.4. The van der Waals surface area contributed by atoms with Crippen LogP contribution < -0.4 is 15.3 Å². The Balaban J connectivity index is -0.000000315. The first-order valence-electron chi connectivity index (χ1n) is 5.74. The number of aliphatic hydroxyl groups is 3. The van der Waals surface area contributed by atoms with Gasteiger partial charge in [-0.05, 0) is 0 Å². The maximum Gasteiger partial charge on any atom is 2.00 e. The number of likely N-dealkylation sites (N-methyl/N-ethyl adjacent to an activating group) is 1. The number of carboxylic acid groups (broad SMARTS) is 3. The molecule has 3 atom stereocenters. The van der Waals surface area contributed by atoms with Crippen molar-refractivity contribution in [3.63, 3.8) is 0 Å². The molecule has 0 heterocycles. The molecule has 0 aromatic carbocycles. The number of aliphatic carboxylic acids is 3. The van der Waals surface area contributed by atoms with Gasteiger partial charge in [0.25, 0.3) is 0 Å². The molecular formula is C11H19CaNO9. The Morgan fingerprint density at radius 1 is 0.909 bits per heavy atom. The van der Waals surface area contributed by atoms with E-state index in [1.807, 2.05) is 21.1 Å². The van der Waals surface area contributed by atoms with Gasteiger partial charge < -0.3 is 49.5 Å². The van der Waals surface area contributed by atoms with E-state index >= 15 is 0 Å². The minimum atomic E-state index is -2.44. The molecule has 0 saturated carbocycles. The molecular weight excluding hydrogens is 330 g/mol. The Hall–Kier alpha value is -0.490. The fraction of sp³-hybridized carbons (Fsp3) is 0.727. The van der Waals surface area contributed by atoms with Gasteiger partial charge in [0.05, 0.1) is 33.1 Å². The van der Waals surface area contributed by atoms with Crippen molar-refractivity contribution < 1.29 is 49.5 Å². The molecule has 0 spiro atoms. The number of carbonyl (C=O) groups excluding carboxylic acids is 3. The fourth-order valence-electron chi connectivity index (χ4n) is 1.15.